The number of halogens is 1. The Morgan fingerprint density at radius 1 is 0.968 bits per heavy atom. The van der Waals surface area contributed by atoms with Gasteiger partial charge in [0.05, 0.1) is 18.2 Å². The SMILES string of the molecule is CCCOc1c(Br)cc(C(=O)Nc2cccc(NC(=O)c3ccncc3)c2)cc1OC. The summed E-state index contributed by atoms with van der Waals surface area (Å²) in [5.41, 5.74) is 1.99. The molecule has 0 aliphatic carbocycles. The molecule has 160 valence electrons. The van der Waals surface area contributed by atoms with Crippen LogP contribution < -0.4 is 20.1 Å². The molecule has 0 atom stereocenters. The van der Waals surface area contributed by atoms with Crippen molar-refractivity contribution in [2.75, 3.05) is 24.4 Å². The molecular weight excluding hydrogens is 462 g/mol. The molecule has 0 bridgehead atoms. The van der Waals surface area contributed by atoms with Gasteiger partial charge in [0.15, 0.2) is 11.5 Å². The molecule has 0 spiro atoms. The number of hydrogen-bond acceptors (Lipinski definition) is 5. The highest BCUT2D eigenvalue weighted by Crippen LogP contribution is 2.37. The first kappa shape index (κ1) is 22.3. The lowest BCUT2D eigenvalue weighted by molar-refractivity contribution is 0.101. The third kappa shape index (κ3) is 5.82. The fourth-order valence-electron chi connectivity index (χ4n) is 2.78. The molecule has 0 saturated carbocycles. The van der Waals surface area contributed by atoms with Crippen molar-refractivity contribution in [3.05, 3.63) is 76.5 Å². The highest BCUT2D eigenvalue weighted by Gasteiger charge is 2.16. The smallest absolute Gasteiger partial charge is 0.255 e. The van der Waals surface area contributed by atoms with E-state index in [0.29, 0.717) is 45.1 Å². The first-order chi connectivity index (χ1) is 15.0. The van der Waals surface area contributed by atoms with Crippen LogP contribution in [0.1, 0.15) is 34.1 Å². The van der Waals surface area contributed by atoms with Crippen LogP contribution in [0.15, 0.2) is 65.4 Å². The van der Waals surface area contributed by atoms with Crippen LogP contribution in [0.2, 0.25) is 0 Å². The number of nitrogens with one attached hydrogen (secondary N) is 2. The largest absolute Gasteiger partial charge is 0.493 e. The predicted molar refractivity (Wildman–Crippen MR) is 123 cm³/mol. The minimum atomic E-state index is -0.321. The van der Waals surface area contributed by atoms with E-state index in [1.165, 1.54) is 7.11 Å². The summed E-state index contributed by atoms with van der Waals surface area (Å²) in [5, 5.41) is 5.64. The number of hydrogen-bond donors (Lipinski definition) is 2. The Balaban J connectivity index is 1.74. The third-order valence-corrected chi connectivity index (χ3v) is 4.85. The molecule has 8 heteroatoms. The molecule has 2 N–H and O–H groups in total. The normalized spacial score (nSPS) is 10.3. The summed E-state index contributed by atoms with van der Waals surface area (Å²) < 4.78 is 11.7. The summed E-state index contributed by atoms with van der Waals surface area (Å²) in [6.07, 6.45) is 3.96. The number of methoxy groups -OCH3 is 1. The molecule has 2 amide bonds. The zero-order valence-corrected chi connectivity index (χ0v) is 18.7. The van der Waals surface area contributed by atoms with E-state index in [0.717, 1.165) is 6.42 Å². The number of ether oxygens (including phenoxy) is 2. The lowest BCUT2D eigenvalue weighted by Gasteiger charge is -2.14. The van der Waals surface area contributed by atoms with Gasteiger partial charge in [-0.3, -0.25) is 14.6 Å². The number of carbonyl (C=O) groups is 2. The monoisotopic (exact) mass is 483 g/mol. The van der Waals surface area contributed by atoms with Gasteiger partial charge in [0.1, 0.15) is 0 Å². The van der Waals surface area contributed by atoms with Gasteiger partial charge >= 0.3 is 0 Å². The van der Waals surface area contributed by atoms with Gasteiger partial charge in [-0.15, -0.1) is 0 Å². The minimum absolute atomic E-state index is 0.262. The second kappa shape index (κ2) is 10.6. The summed E-state index contributed by atoms with van der Waals surface area (Å²) in [7, 11) is 1.53. The van der Waals surface area contributed by atoms with Crippen molar-refractivity contribution in [1.82, 2.24) is 4.98 Å². The molecule has 3 aromatic rings. The van der Waals surface area contributed by atoms with E-state index in [-0.39, 0.29) is 11.8 Å². The van der Waals surface area contributed by atoms with E-state index in [9.17, 15) is 9.59 Å². The van der Waals surface area contributed by atoms with E-state index in [1.807, 2.05) is 6.92 Å². The standard InChI is InChI=1S/C23H22BrN3O4/c1-3-11-31-21-19(24)12-16(13-20(21)30-2)23(29)27-18-6-4-5-17(14-18)26-22(28)15-7-9-25-10-8-15/h4-10,12-14H,3,11H2,1-2H3,(H,26,28)(H,27,29). The summed E-state index contributed by atoms with van der Waals surface area (Å²) in [6.45, 7) is 2.55. The number of rotatable bonds is 8. The lowest BCUT2D eigenvalue weighted by Crippen LogP contribution is -2.14. The minimum Gasteiger partial charge on any atom is -0.493 e. The summed E-state index contributed by atoms with van der Waals surface area (Å²) in [4.78, 5) is 29.0. The molecular formula is C23H22BrN3O4. The highest BCUT2D eigenvalue weighted by molar-refractivity contribution is 9.10. The Bertz CT molecular complexity index is 1070. The summed E-state index contributed by atoms with van der Waals surface area (Å²) >= 11 is 3.45. The van der Waals surface area contributed by atoms with E-state index in [2.05, 4.69) is 31.5 Å². The number of aromatic nitrogens is 1. The van der Waals surface area contributed by atoms with Crippen LogP contribution >= 0.6 is 15.9 Å². The third-order valence-electron chi connectivity index (χ3n) is 4.26. The van der Waals surface area contributed by atoms with Crippen LogP contribution in [0.4, 0.5) is 11.4 Å². The predicted octanol–water partition coefficient (Wildman–Crippen LogP) is 5.15. The van der Waals surface area contributed by atoms with E-state index < -0.39 is 0 Å². The zero-order valence-electron chi connectivity index (χ0n) is 17.1. The van der Waals surface area contributed by atoms with Gasteiger partial charge in [0.25, 0.3) is 11.8 Å². The number of anilines is 2. The van der Waals surface area contributed by atoms with Crippen molar-refractivity contribution >= 4 is 39.1 Å². The van der Waals surface area contributed by atoms with Gasteiger partial charge in [0, 0.05) is 34.9 Å². The maximum Gasteiger partial charge on any atom is 0.255 e. The summed E-state index contributed by atoms with van der Waals surface area (Å²) in [6, 6.07) is 13.5. The molecule has 0 fully saturated rings. The van der Waals surface area contributed by atoms with Crippen molar-refractivity contribution < 1.29 is 19.1 Å². The Kier molecular flexibility index (Phi) is 7.61. The second-order valence-corrected chi connectivity index (χ2v) is 7.42. The van der Waals surface area contributed by atoms with Gasteiger partial charge < -0.3 is 20.1 Å². The van der Waals surface area contributed by atoms with Crippen molar-refractivity contribution in [2.45, 2.75) is 13.3 Å². The van der Waals surface area contributed by atoms with Gasteiger partial charge in [-0.2, -0.15) is 0 Å². The number of pyridine rings is 1. The van der Waals surface area contributed by atoms with Crippen LogP contribution in [0.25, 0.3) is 0 Å². The van der Waals surface area contributed by atoms with Gasteiger partial charge in [0.2, 0.25) is 0 Å². The number of amides is 2. The second-order valence-electron chi connectivity index (χ2n) is 6.56. The maximum atomic E-state index is 12.8. The van der Waals surface area contributed by atoms with E-state index in [1.54, 1.807) is 60.9 Å². The molecule has 0 unspecified atom stereocenters. The topological polar surface area (TPSA) is 89.6 Å². The van der Waals surface area contributed by atoms with Crippen LogP contribution in [-0.4, -0.2) is 30.5 Å². The molecule has 3 rings (SSSR count). The fraction of sp³-hybridized carbons (Fsp3) is 0.174. The molecule has 31 heavy (non-hydrogen) atoms. The van der Waals surface area contributed by atoms with Crippen LogP contribution in [0.5, 0.6) is 11.5 Å². The van der Waals surface area contributed by atoms with Gasteiger partial charge in [-0.25, -0.2) is 0 Å². The number of carbonyl (C=O) groups excluding carboxylic acids is 2. The molecule has 0 aliphatic heterocycles. The Hall–Kier alpha value is -3.39. The van der Waals surface area contributed by atoms with Crippen molar-refractivity contribution in [2.24, 2.45) is 0 Å². The van der Waals surface area contributed by atoms with E-state index in [4.69, 9.17) is 9.47 Å². The quantitative estimate of drug-likeness (QED) is 0.462. The summed E-state index contributed by atoms with van der Waals surface area (Å²) in [5.74, 6) is 0.439. The first-order valence-electron chi connectivity index (χ1n) is 9.65. The lowest BCUT2D eigenvalue weighted by atomic mass is 10.1. The molecule has 1 aromatic heterocycles. The first-order valence-corrected chi connectivity index (χ1v) is 10.4. The van der Waals surface area contributed by atoms with Crippen molar-refractivity contribution in [3.63, 3.8) is 0 Å². The fourth-order valence-corrected chi connectivity index (χ4v) is 3.34. The van der Waals surface area contributed by atoms with Crippen LogP contribution in [-0.2, 0) is 0 Å². The van der Waals surface area contributed by atoms with Crippen LogP contribution in [0.3, 0.4) is 0 Å². The van der Waals surface area contributed by atoms with Crippen LogP contribution in [0, 0.1) is 0 Å². The Morgan fingerprint density at radius 2 is 1.61 bits per heavy atom. The molecule has 0 saturated heterocycles. The molecule has 1 heterocycles. The van der Waals surface area contributed by atoms with Crippen molar-refractivity contribution in [1.29, 1.82) is 0 Å². The van der Waals surface area contributed by atoms with Gasteiger partial charge in [-0.1, -0.05) is 13.0 Å². The Morgan fingerprint density at radius 3 is 2.23 bits per heavy atom. The van der Waals surface area contributed by atoms with Crippen molar-refractivity contribution in [3.8, 4) is 11.5 Å². The molecule has 0 radical (unpaired) electrons. The molecule has 7 nitrogen and oxygen atoms in total. The Labute approximate surface area is 188 Å². The highest BCUT2D eigenvalue weighted by atomic mass is 79.9. The average Bonchev–Trinajstić information content (AvgIpc) is 2.78. The zero-order chi connectivity index (χ0) is 22.2. The van der Waals surface area contributed by atoms with Gasteiger partial charge in [-0.05, 0) is 64.8 Å². The van der Waals surface area contributed by atoms with E-state index >= 15 is 0 Å². The molecule has 0 aliphatic rings. The number of benzene rings is 2. The molecule has 2 aromatic carbocycles. The maximum absolute atomic E-state index is 12.8. The average molecular weight is 484 g/mol. The number of nitrogens with zero attached hydrogens (tertiary/aromatic N) is 1.